The monoisotopic (exact) mass is 115 g/mol. The van der Waals surface area contributed by atoms with Crippen LogP contribution in [0.5, 0.6) is 0 Å². The zero-order valence-corrected chi connectivity index (χ0v) is 5.72. The minimum absolute atomic E-state index is 0.671. The van der Waals surface area contributed by atoms with Crippen molar-refractivity contribution in [3.05, 3.63) is 11.5 Å². The van der Waals surface area contributed by atoms with E-state index in [1.54, 1.807) is 0 Å². The van der Waals surface area contributed by atoms with Gasteiger partial charge >= 0.3 is 0 Å². The van der Waals surface area contributed by atoms with Crippen LogP contribution in [0.25, 0.3) is 0 Å². The summed E-state index contributed by atoms with van der Waals surface area (Å²) in [5.41, 5.74) is 0. The van der Waals surface area contributed by atoms with Crippen LogP contribution >= 0.6 is 12.6 Å². The predicted molar refractivity (Wildman–Crippen MR) is 36.2 cm³/mol. The van der Waals surface area contributed by atoms with E-state index >= 15 is 0 Å². The van der Waals surface area contributed by atoms with Gasteiger partial charge in [-0.15, -0.1) is 0 Å². The lowest BCUT2D eigenvalue weighted by Crippen LogP contribution is -1.83. The van der Waals surface area contributed by atoms with E-state index in [-0.39, 0.29) is 0 Å². The SMILES string of the molecule is C=C([S])CC(C)C. The molecule has 0 heterocycles. The second-order valence-electron chi connectivity index (χ2n) is 2.14. The Labute approximate surface area is 51.0 Å². The van der Waals surface area contributed by atoms with E-state index < -0.39 is 0 Å². The molecule has 0 saturated carbocycles. The first-order chi connectivity index (χ1) is 3.13. The highest BCUT2D eigenvalue weighted by molar-refractivity contribution is 7.84. The molecule has 1 radical (unpaired) electrons. The van der Waals surface area contributed by atoms with Gasteiger partial charge in [-0.3, -0.25) is 0 Å². The summed E-state index contributed by atoms with van der Waals surface area (Å²) < 4.78 is 0. The molecule has 0 atom stereocenters. The summed E-state index contributed by atoms with van der Waals surface area (Å²) in [4.78, 5) is 0.870. The Morgan fingerprint density at radius 1 is 1.71 bits per heavy atom. The fourth-order valence-electron chi connectivity index (χ4n) is 0.455. The van der Waals surface area contributed by atoms with Gasteiger partial charge in [-0.1, -0.05) is 33.1 Å². The van der Waals surface area contributed by atoms with Crippen LogP contribution in [0.3, 0.4) is 0 Å². The third kappa shape index (κ3) is 5.96. The van der Waals surface area contributed by atoms with Gasteiger partial charge in [0.1, 0.15) is 0 Å². The van der Waals surface area contributed by atoms with E-state index in [4.69, 9.17) is 12.6 Å². The van der Waals surface area contributed by atoms with Crippen molar-refractivity contribution < 1.29 is 0 Å². The average Bonchev–Trinajstić information content (AvgIpc) is 1.27. The Balaban J connectivity index is 3.13. The van der Waals surface area contributed by atoms with Crippen LogP contribution in [-0.2, 0) is 0 Å². The van der Waals surface area contributed by atoms with Crippen molar-refractivity contribution in [3.8, 4) is 0 Å². The molecule has 0 bridgehead atoms. The highest BCUT2D eigenvalue weighted by atomic mass is 32.1. The molecule has 0 N–H and O–H groups in total. The second-order valence-corrected chi connectivity index (χ2v) is 2.71. The van der Waals surface area contributed by atoms with Gasteiger partial charge in [0.25, 0.3) is 0 Å². The molecule has 0 rings (SSSR count). The zero-order chi connectivity index (χ0) is 5.86. The molecule has 0 aromatic carbocycles. The standard InChI is InChI=1S/C6H11S/c1-5(2)4-6(3)7/h5H,3-4H2,1-2H3. The van der Waals surface area contributed by atoms with Crippen LogP contribution in [0.15, 0.2) is 11.5 Å². The van der Waals surface area contributed by atoms with Crippen molar-refractivity contribution in [3.63, 3.8) is 0 Å². The quantitative estimate of drug-likeness (QED) is 0.519. The van der Waals surface area contributed by atoms with Gasteiger partial charge in [-0.05, 0) is 12.3 Å². The lowest BCUT2D eigenvalue weighted by atomic mass is 10.1. The van der Waals surface area contributed by atoms with Crippen LogP contribution in [0.1, 0.15) is 20.3 Å². The van der Waals surface area contributed by atoms with E-state index in [9.17, 15) is 0 Å². The summed E-state index contributed by atoms with van der Waals surface area (Å²) in [5, 5.41) is 0. The van der Waals surface area contributed by atoms with Crippen molar-refractivity contribution in [1.29, 1.82) is 0 Å². The highest BCUT2D eigenvalue weighted by Crippen LogP contribution is 2.10. The normalized spacial score (nSPS) is 9.57. The third-order valence-electron chi connectivity index (χ3n) is 0.636. The Hall–Kier alpha value is -0.0400. The van der Waals surface area contributed by atoms with Crippen LogP contribution in [-0.4, -0.2) is 0 Å². The molecule has 0 fully saturated rings. The Morgan fingerprint density at radius 3 is 2.14 bits per heavy atom. The molecule has 0 saturated heterocycles. The van der Waals surface area contributed by atoms with Gasteiger partial charge in [0.15, 0.2) is 0 Å². The van der Waals surface area contributed by atoms with Crippen LogP contribution in [0.2, 0.25) is 0 Å². The minimum Gasteiger partial charge on any atom is -0.0856 e. The topological polar surface area (TPSA) is 0 Å². The summed E-state index contributed by atoms with van der Waals surface area (Å²) in [5.74, 6) is 0.671. The molecule has 0 spiro atoms. The minimum atomic E-state index is 0.671. The molecule has 0 aliphatic rings. The van der Waals surface area contributed by atoms with Gasteiger partial charge in [0.2, 0.25) is 0 Å². The highest BCUT2D eigenvalue weighted by Gasteiger charge is 1.92. The van der Waals surface area contributed by atoms with Crippen molar-refractivity contribution >= 4 is 12.6 Å². The van der Waals surface area contributed by atoms with Gasteiger partial charge in [-0.2, -0.15) is 0 Å². The molecule has 0 aliphatic heterocycles. The summed E-state index contributed by atoms with van der Waals surface area (Å²) in [6.45, 7) is 7.88. The Morgan fingerprint density at radius 2 is 2.14 bits per heavy atom. The maximum Gasteiger partial charge on any atom is 0.00826 e. The lowest BCUT2D eigenvalue weighted by Gasteiger charge is -1.98. The molecule has 0 aromatic heterocycles. The van der Waals surface area contributed by atoms with Gasteiger partial charge < -0.3 is 0 Å². The molecule has 0 amide bonds. The van der Waals surface area contributed by atoms with Crippen molar-refractivity contribution in [1.82, 2.24) is 0 Å². The first-order valence-electron chi connectivity index (χ1n) is 2.47. The number of rotatable bonds is 2. The van der Waals surface area contributed by atoms with Crippen molar-refractivity contribution in [2.45, 2.75) is 20.3 Å². The van der Waals surface area contributed by atoms with Gasteiger partial charge in [0.05, 0.1) is 0 Å². The first kappa shape index (κ1) is 6.96. The predicted octanol–water partition coefficient (Wildman–Crippen LogP) is 2.74. The van der Waals surface area contributed by atoms with E-state index in [1.165, 1.54) is 0 Å². The Bertz CT molecular complexity index is 64.6. The van der Waals surface area contributed by atoms with Crippen LogP contribution < -0.4 is 0 Å². The molecule has 41 valence electrons. The molecular weight excluding hydrogens is 104 g/mol. The van der Waals surface area contributed by atoms with Crippen molar-refractivity contribution in [2.75, 3.05) is 0 Å². The maximum absolute atomic E-state index is 4.76. The summed E-state index contributed by atoms with van der Waals surface area (Å²) in [7, 11) is 0. The van der Waals surface area contributed by atoms with Gasteiger partial charge in [0, 0.05) is 4.91 Å². The molecule has 1 heteroatoms. The summed E-state index contributed by atoms with van der Waals surface area (Å²) in [6.07, 6.45) is 0.981. The van der Waals surface area contributed by atoms with Crippen LogP contribution in [0.4, 0.5) is 0 Å². The van der Waals surface area contributed by atoms with E-state index in [0.29, 0.717) is 5.92 Å². The number of allylic oxidation sites excluding steroid dienone is 1. The maximum atomic E-state index is 4.76. The van der Waals surface area contributed by atoms with E-state index in [0.717, 1.165) is 11.3 Å². The molecule has 0 nitrogen and oxygen atoms in total. The summed E-state index contributed by atoms with van der Waals surface area (Å²) >= 11 is 4.76. The summed E-state index contributed by atoms with van der Waals surface area (Å²) in [6, 6.07) is 0. The molecule has 7 heavy (non-hydrogen) atoms. The molecule has 0 aromatic rings. The molecule has 0 aliphatic carbocycles. The van der Waals surface area contributed by atoms with E-state index in [1.807, 2.05) is 0 Å². The molecule has 0 unspecified atom stereocenters. The number of hydrogen-bond acceptors (Lipinski definition) is 0. The van der Waals surface area contributed by atoms with Gasteiger partial charge in [-0.25, -0.2) is 0 Å². The smallest absolute Gasteiger partial charge is 0.00826 e. The average molecular weight is 115 g/mol. The largest absolute Gasteiger partial charge is 0.0856 e. The Kier molecular flexibility index (Phi) is 3.01. The first-order valence-corrected chi connectivity index (χ1v) is 2.88. The van der Waals surface area contributed by atoms with E-state index in [2.05, 4.69) is 20.4 Å². The van der Waals surface area contributed by atoms with Crippen LogP contribution in [0, 0.1) is 5.92 Å². The molecular formula is C6H11S. The fourth-order valence-corrected chi connectivity index (χ4v) is 0.789. The fraction of sp³-hybridized carbons (Fsp3) is 0.667. The third-order valence-corrected chi connectivity index (χ3v) is 0.803. The second kappa shape index (κ2) is 3.03. The number of hydrogen-bond donors (Lipinski definition) is 0. The lowest BCUT2D eigenvalue weighted by molar-refractivity contribution is 0.660. The zero-order valence-electron chi connectivity index (χ0n) is 4.90. The van der Waals surface area contributed by atoms with Crippen molar-refractivity contribution in [2.24, 2.45) is 5.92 Å².